The molecule has 0 aliphatic carbocycles. The second kappa shape index (κ2) is 9.35. The quantitative estimate of drug-likeness (QED) is 0.739. The van der Waals surface area contributed by atoms with Crippen molar-refractivity contribution in [3.05, 3.63) is 0 Å². The Morgan fingerprint density at radius 2 is 1.85 bits per heavy atom. The van der Waals surface area contributed by atoms with Crippen molar-refractivity contribution < 1.29 is 4.79 Å². The maximum Gasteiger partial charge on any atom is 0.239 e. The van der Waals surface area contributed by atoms with Gasteiger partial charge in [0.2, 0.25) is 5.91 Å². The smallest absolute Gasteiger partial charge is 0.239 e. The average Bonchev–Trinajstić information content (AvgIpc) is 2.50. The van der Waals surface area contributed by atoms with Crippen LogP contribution in [-0.4, -0.2) is 61.5 Å². The standard InChI is InChI=1S/C16H33N3O/c1-5-15(18(6-2)7-3)16(20)19-12-9-14(10-13-19)8-11-17-4/h14-15,17H,5-13H2,1-4H3. The highest BCUT2D eigenvalue weighted by molar-refractivity contribution is 5.82. The van der Waals surface area contributed by atoms with Crippen LogP contribution in [-0.2, 0) is 4.79 Å². The van der Waals surface area contributed by atoms with E-state index in [4.69, 9.17) is 0 Å². The highest BCUT2D eigenvalue weighted by Gasteiger charge is 2.29. The molecule has 0 bridgehead atoms. The highest BCUT2D eigenvalue weighted by Crippen LogP contribution is 2.21. The van der Waals surface area contributed by atoms with Crippen molar-refractivity contribution in [1.82, 2.24) is 15.1 Å². The Morgan fingerprint density at radius 3 is 2.30 bits per heavy atom. The molecule has 118 valence electrons. The van der Waals surface area contributed by atoms with Gasteiger partial charge in [0.25, 0.3) is 0 Å². The Balaban J connectivity index is 2.48. The van der Waals surface area contributed by atoms with Crippen molar-refractivity contribution >= 4 is 5.91 Å². The maximum absolute atomic E-state index is 12.7. The first-order valence-corrected chi connectivity index (χ1v) is 8.35. The summed E-state index contributed by atoms with van der Waals surface area (Å²) >= 11 is 0. The van der Waals surface area contributed by atoms with Gasteiger partial charge in [0.15, 0.2) is 0 Å². The molecular weight excluding hydrogens is 250 g/mol. The van der Waals surface area contributed by atoms with Crippen LogP contribution in [0.25, 0.3) is 0 Å². The highest BCUT2D eigenvalue weighted by atomic mass is 16.2. The maximum atomic E-state index is 12.7. The fourth-order valence-electron chi connectivity index (χ4n) is 3.25. The molecule has 1 aliphatic heterocycles. The molecule has 0 aromatic carbocycles. The Kier molecular flexibility index (Phi) is 8.15. The van der Waals surface area contributed by atoms with Crippen LogP contribution in [0.15, 0.2) is 0 Å². The summed E-state index contributed by atoms with van der Waals surface area (Å²) in [5, 5.41) is 3.22. The molecular formula is C16H33N3O. The van der Waals surface area contributed by atoms with Crippen molar-refractivity contribution in [2.45, 2.75) is 52.5 Å². The van der Waals surface area contributed by atoms with Crippen molar-refractivity contribution in [3.8, 4) is 0 Å². The molecule has 4 nitrogen and oxygen atoms in total. The first kappa shape index (κ1) is 17.4. The lowest BCUT2D eigenvalue weighted by Crippen LogP contribution is -2.50. The first-order valence-electron chi connectivity index (χ1n) is 8.35. The third-order valence-electron chi connectivity index (χ3n) is 4.65. The van der Waals surface area contributed by atoms with E-state index in [-0.39, 0.29) is 6.04 Å². The zero-order valence-electron chi connectivity index (χ0n) is 13.8. The largest absolute Gasteiger partial charge is 0.341 e. The van der Waals surface area contributed by atoms with Gasteiger partial charge in [0, 0.05) is 13.1 Å². The van der Waals surface area contributed by atoms with Crippen LogP contribution in [0.1, 0.15) is 46.5 Å². The fourth-order valence-corrected chi connectivity index (χ4v) is 3.25. The Labute approximate surface area is 124 Å². The van der Waals surface area contributed by atoms with Gasteiger partial charge in [0.05, 0.1) is 6.04 Å². The minimum atomic E-state index is 0.0823. The Bertz CT molecular complexity index is 271. The minimum Gasteiger partial charge on any atom is -0.341 e. The summed E-state index contributed by atoms with van der Waals surface area (Å²) in [6, 6.07) is 0.0823. The summed E-state index contributed by atoms with van der Waals surface area (Å²) in [5.41, 5.74) is 0. The van der Waals surface area contributed by atoms with Gasteiger partial charge in [-0.1, -0.05) is 20.8 Å². The number of carbonyl (C=O) groups excluding carboxylic acids is 1. The van der Waals surface area contributed by atoms with E-state index in [1.807, 2.05) is 7.05 Å². The Hall–Kier alpha value is -0.610. The van der Waals surface area contributed by atoms with Crippen LogP contribution in [0, 0.1) is 5.92 Å². The predicted molar refractivity (Wildman–Crippen MR) is 84.8 cm³/mol. The van der Waals surface area contributed by atoms with E-state index in [0.29, 0.717) is 5.91 Å². The van der Waals surface area contributed by atoms with Crippen molar-refractivity contribution in [3.63, 3.8) is 0 Å². The van der Waals surface area contributed by atoms with Crippen LogP contribution in [0.3, 0.4) is 0 Å². The second-order valence-corrected chi connectivity index (χ2v) is 5.81. The fraction of sp³-hybridized carbons (Fsp3) is 0.938. The van der Waals surface area contributed by atoms with E-state index in [0.717, 1.165) is 45.1 Å². The molecule has 1 saturated heterocycles. The third kappa shape index (κ3) is 4.74. The van der Waals surface area contributed by atoms with Gasteiger partial charge in [-0.3, -0.25) is 9.69 Å². The van der Waals surface area contributed by atoms with E-state index in [1.165, 1.54) is 19.3 Å². The molecule has 1 unspecified atom stereocenters. The number of amides is 1. The average molecular weight is 283 g/mol. The lowest BCUT2D eigenvalue weighted by molar-refractivity contribution is -0.138. The summed E-state index contributed by atoms with van der Waals surface area (Å²) in [6.07, 6.45) is 4.50. The zero-order chi connectivity index (χ0) is 15.0. The van der Waals surface area contributed by atoms with Gasteiger partial charge in [-0.05, 0) is 58.3 Å². The molecule has 4 heteroatoms. The lowest BCUT2D eigenvalue weighted by Gasteiger charge is -2.37. The lowest BCUT2D eigenvalue weighted by atomic mass is 9.93. The van der Waals surface area contributed by atoms with E-state index >= 15 is 0 Å². The zero-order valence-corrected chi connectivity index (χ0v) is 13.8. The van der Waals surface area contributed by atoms with Gasteiger partial charge in [-0.15, -0.1) is 0 Å². The number of hydrogen-bond donors (Lipinski definition) is 1. The number of piperidine rings is 1. The summed E-state index contributed by atoms with van der Waals surface area (Å²) in [7, 11) is 2.01. The molecule has 0 aromatic rings. The number of nitrogens with one attached hydrogen (secondary N) is 1. The predicted octanol–water partition coefficient (Wildman–Crippen LogP) is 1.95. The van der Waals surface area contributed by atoms with Gasteiger partial charge in [-0.25, -0.2) is 0 Å². The van der Waals surface area contributed by atoms with Gasteiger partial charge >= 0.3 is 0 Å². The van der Waals surface area contributed by atoms with Crippen LogP contribution < -0.4 is 5.32 Å². The number of rotatable bonds is 8. The number of likely N-dealkylation sites (tertiary alicyclic amines) is 1. The number of nitrogens with zero attached hydrogens (tertiary/aromatic N) is 2. The molecule has 1 amide bonds. The number of carbonyl (C=O) groups is 1. The van der Waals surface area contributed by atoms with Crippen molar-refractivity contribution in [2.24, 2.45) is 5.92 Å². The molecule has 0 saturated carbocycles. The summed E-state index contributed by atoms with van der Waals surface area (Å²) < 4.78 is 0. The van der Waals surface area contributed by atoms with Crippen molar-refractivity contribution in [1.29, 1.82) is 0 Å². The molecule has 1 fully saturated rings. The molecule has 1 aliphatic rings. The second-order valence-electron chi connectivity index (χ2n) is 5.81. The van der Waals surface area contributed by atoms with Crippen LogP contribution in [0.4, 0.5) is 0 Å². The van der Waals surface area contributed by atoms with Gasteiger partial charge in [0.1, 0.15) is 0 Å². The van der Waals surface area contributed by atoms with E-state index in [1.54, 1.807) is 0 Å². The summed E-state index contributed by atoms with van der Waals surface area (Å²) in [4.78, 5) is 17.1. The van der Waals surface area contributed by atoms with Gasteiger partial charge < -0.3 is 10.2 Å². The first-order chi connectivity index (χ1) is 9.67. The Morgan fingerprint density at radius 1 is 1.25 bits per heavy atom. The van der Waals surface area contributed by atoms with E-state index in [9.17, 15) is 4.79 Å². The molecule has 0 spiro atoms. The third-order valence-corrected chi connectivity index (χ3v) is 4.65. The summed E-state index contributed by atoms with van der Waals surface area (Å²) in [6.45, 7) is 11.3. The molecule has 1 atom stereocenters. The molecule has 1 heterocycles. The van der Waals surface area contributed by atoms with Crippen molar-refractivity contribution in [2.75, 3.05) is 39.8 Å². The van der Waals surface area contributed by atoms with Crippen LogP contribution in [0.2, 0.25) is 0 Å². The topological polar surface area (TPSA) is 35.6 Å². The molecule has 1 rings (SSSR count). The van der Waals surface area contributed by atoms with Crippen LogP contribution >= 0.6 is 0 Å². The SMILES string of the molecule is CCC(C(=O)N1CCC(CCNC)CC1)N(CC)CC. The van der Waals surface area contributed by atoms with E-state index < -0.39 is 0 Å². The van der Waals surface area contributed by atoms with Gasteiger partial charge in [-0.2, -0.15) is 0 Å². The normalized spacial score (nSPS) is 18.6. The molecule has 0 aromatic heterocycles. The minimum absolute atomic E-state index is 0.0823. The molecule has 0 radical (unpaired) electrons. The molecule has 1 N–H and O–H groups in total. The molecule has 20 heavy (non-hydrogen) atoms. The number of hydrogen-bond acceptors (Lipinski definition) is 3. The van der Waals surface area contributed by atoms with E-state index in [2.05, 4.69) is 35.9 Å². The number of likely N-dealkylation sites (N-methyl/N-ethyl adjacent to an activating group) is 1. The monoisotopic (exact) mass is 283 g/mol. The van der Waals surface area contributed by atoms with Crippen LogP contribution in [0.5, 0.6) is 0 Å². The summed E-state index contributed by atoms with van der Waals surface area (Å²) in [5.74, 6) is 1.14.